The largest absolute Gasteiger partial charge is 0.480 e. The van der Waals surface area contributed by atoms with Gasteiger partial charge in [-0.15, -0.1) is 0 Å². The number of aliphatic carboxylic acids is 1. The summed E-state index contributed by atoms with van der Waals surface area (Å²) in [4.78, 5) is 22.8. The van der Waals surface area contributed by atoms with E-state index in [4.69, 9.17) is 5.11 Å². The van der Waals surface area contributed by atoms with Crippen molar-refractivity contribution >= 4 is 23.6 Å². The Labute approximate surface area is 130 Å². The third kappa shape index (κ3) is 7.75. The molecule has 5 heteroatoms. The van der Waals surface area contributed by atoms with Crippen molar-refractivity contribution in [3.05, 3.63) is 35.9 Å². The average Bonchev–Trinajstić information content (AvgIpc) is 2.48. The molecule has 1 aromatic carbocycles. The second kappa shape index (κ2) is 10.3. The molecule has 0 aliphatic heterocycles. The van der Waals surface area contributed by atoms with Gasteiger partial charge < -0.3 is 10.4 Å². The van der Waals surface area contributed by atoms with Gasteiger partial charge in [-0.1, -0.05) is 50.1 Å². The summed E-state index contributed by atoms with van der Waals surface area (Å²) in [6, 6.07) is 9.34. The van der Waals surface area contributed by atoms with Gasteiger partial charge in [0.25, 0.3) is 0 Å². The van der Waals surface area contributed by atoms with Crippen molar-refractivity contribution < 1.29 is 14.7 Å². The molecule has 1 rings (SSSR count). The highest BCUT2D eigenvalue weighted by Crippen LogP contribution is 2.07. The summed E-state index contributed by atoms with van der Waals surface area (Å²) in [6.45, 7) is 2.00. The summed E-state index contributed by atoms with van der Waals surface area (Å²) >= 11 is 1.53. The minimum atomic E-state index is -0.953. The number of benzene rings is 1. The van der Waals surface area contributed by atoms with Crippen LogP contribution in [0.1, 0.15) is 31.7 Å². The van der Waals surface area contributed by atoms with Gasteiger partial charge in [0.15, 0.2) is 0 Å². The van der Waals surface area contributed by atoms with Crippen molar-refractivity contribution in [3.63, 3.8) is 0 Å². The molecule has 4 nitrogen and oxygen atoms in total. The van der Waals surface area contributed by atoms with Crippen LogP contribution in [-0.2, 0) is 16.0 Å². The summed E-state index contributed by atoms with van der Waals surface area (Å²) in [5, 5.41) is 11.6. The lowest BCUT2D eigenvalue weighted by Crippen LogP contribution is -2.41. The van der Waals surface area contributed by atoms with Crippen LogP contribution in [0.5, 0.6) is 0 Å². The minimum absolute atomic E-state index is 0.198. The molecule has 0 aliphatic carbocycles. The van der Waals surface area contributed by atoms with E-state index in [1.165, 1.54) is 17.3 Å². The van der Waals surface area contributed by atoms with Gasteiger partial charge in [0.1, 0.15) is 6.04 Å². The predicted octanol–water partition coefficient (Wildman–Crippen LogP) is 2.72. The molecule has 21 heavy (non-hydrogen) atoms. The van der Waals surface area contributed by atoms with Crippen LogP contribution in [0.15, 0.2) is 30.3 Å². The number of carbonyl (C=O) groups is 2. The Balaban J connectivity index is 2.21. The molecule has 0 heterocycles. The Kier molecular flexibility index (Phi) is 8.59. The second-order valence-electron chi connectivity index (χ2n) is 4.89. The zero-order valence-corrected chi connectivity index (χ0v) is 13.2. The molecule has 116 valence electrons. The number of carboxylic acid groups (broad SMARTS) is 1. The molecule has 0 bridgehead atoms. The number of carbonyl (C=O) groups excluding carboxylic acids is 1. The number of nitrogens with one attached hydrogen (secondary N) is 1. The Morgan fingerprint density at radius 3 is 2.62 bits per heavy atom. The molecule has 1 unspecified atom stereocenters. The first kappa shape index (κ1) is 17.6. The lowest BCUT2D eigenvalue weighted by atomic mass is 10.1. The van der Waals surface area contributed by atoms with Crippen molar-refractivity contribution in [2.75, 3.05) is 11.5 Å². The van der Waals surface area contributed by atoms with Crippen molar-refractivity contribution in [2.24, 2.45) is 0 Å². The highest BCUT2D eigenvalue weighted by Gasteiger charge is 2.18. The maximum absolute atomic E-state index is 11.7. The Hall–Kier alpha value is -1.49. The van der Waals surface area contributed by atoms with Crippen LogP contribution in [0.2, 0.25) is 0 Å². The monoisotopic (exact) mass is 309 g/mol. The summed E-state index contributed by atoms with van der Waals surface area (Å²) in [6.07, 6.45) is 3.13. The van der Waals surface area contributed by atoms with Gasteiger partial charge in [-0.25, -0.2) is 4.79 Å². The number of amides is 1. The first-order valence-electron chi connectivity index (χ1n) is 7.27. The van der Waals surface area contributed by atoms with Crippen LogP contribution >= 0.6 is 11.8 Å². The third-order valence-electron chi connectivity index (χ3n) is 3.09. The molecule has 0 fully saturated rings. The van der Waals surface area contributed by atoms with Gasteiger partial charge in [-0.3, -0.25) is 4.79 Å². The highest BCUT2D eigenvalue weighted by molar-refractivity contribution is 7.99. The van der Waals surface area contributed by atoms with Gasteiger partial charge >= 0.3 is 5.97 Å². The first-order valence-corrected chi connectivity index (χ1v) is 8.42. The number of aryl methyl sites for hydroxylation is 1. The smallest absolute Gasteiger partial charge is 0.326 e. The molecular formula is C16H23NO3S. The van der Waals surface area contributed by atoms with E-state index in [-0.39, 0.29) is 5.91 Å². The van der Waals surface area contributed by atoms with E-state index in [1.807, 2.05) is 25.1 Å². The first-order chi connectivity index (χ1) is 10.1. The maximum atomic E-state index is 11.7. The van der Waals surface area contributed by atoms with E-state index < -0.39 is 12.0 Å². The van der Waals surface area contributed by atoms with Crippen LogP contribution < -0.4 is 5.32 Å². The van der Waals surface area contributed by atoms with Crippen LogP contribution in [0.3, 0.4) is 0 Å². The standard InChI is InChI=1S/C16H23NO3S/c1-2-3-9-14(16(19)20)17-15(18)12-21-11-10-13-7-5-4-6-8-13/h4-8,14H,2-3,9-12H2,1H3,(H,17,18)(H,19,20). The van der Waals surface area contributed by atoms with Gasteiger partial charge in [0.05, 0.1) is 5.75 Å². The topological polar surface area (TPSA) is 66.4 Å². The van der Waals surface area contributed by atoms with E-state index in [9.17, 15) is 9.59 Å². The molecule has 0 aromatic heterocycles. The maximum Gasteiger partial charge on any atom is 0.326 e. The van der Waals surface area contributed by atoms with Gasteiger partial charge in [0.2, 0.25) is 5.91 Å². The van der Waals surface area contributed by atoms with Gasteiger partial charge in [0, 0.05) is 0 Å². The molecular weight excluding hydrogens is 286 g/mol. The fourth-order valence-electron chi connectivity index (χ4n) is 1.90. The van der Waals surface area contributed by atoms with E-state index in [1.54, 1.807) is 0 Å². The molecule has 0 saturated heterocycles. The molecule has 2 N–H and O–H groups in total. The van der Waals surface area contributed by atoms with Gasteiger partial charge in [-0.2, -0.15) is 11.8 Å². The molecule has 1 amide bonds. The zero-order chi connectivity index (χ0) is 15.5. The molecule has 0 radical (unpaired) electrons. The predicted molar refractivity (Wildman–Crippen MR) is 86.6 cm³/mol. The van der Waals surface area contributed by atoms with Crippen LogP contribution in [0, 0.1) is 0 Å². The number of hydrogen-bond donors (Lipinski definition) is 2. The minimum Gasteiger partial charge on any atom is -0.480 e. The number of hydrogen-bond acceptors (Lipinski definition) is 3. The lowest BCUT2D eigenvalue weighted by Gasteiger charge is -2.13. The number of carboxylic acids is 1. The highest BCUT2D eigenvalue weighted by atomic mass is 32.2. The fourth-order valence-corrected chi connectivity index (χ4v) is 2.69. The Bertz CT molecular complexity index is 436. The SMILES string of the molecule is CCCCC(NC(=O)CSCCc1ccccc1)C(=O)O. The van der Waals surface area contributed by atoms with Crippen LogP contribution in [-0.4, -0.2) is 34.5 Å². The van der Waals surface area contributed by atoms with E-state index >= 15 is 0 Å². The van der Waals surface area contributed by atoms with Crippen molar-refractivity contribution in [1.29, 1.82) is 0 Å². The number of rotatable bonds is 10. The summed E-state index contributed by atoms with van der Waals surface area (Å²) in [5.74, 6) is 0.00927. The lowest BCUT2D eigenvalue weighted by molar-refractivity contribution is -0.141. The normalized spacial score (nSPS) is 11.9. The quantitative estimate of drug-likeness (QED) is 0.652. The molecule has 0 saturated carbocycles. The Morgan fingerprint density at radius 2 is 2.00 bits per heavy atom. The van der Waals surface area contributed by atoms with Crippen LogP contribution in [0.4, 0.5) is 0 Å². The third-order valence-corrected chi connectivity index (χ3v) is 4.05. The number of thioether (sulfide) groups is 1. The van der Waals surface area contributed by atoms with E-state index in [0.29, 0.717) is 12.2 Å². The molecule has 0 spiro atoms. The Morgan fingerprint density at radius 1 is 1.29 bits per heavy atom. The summed E-state index contributed by atoms with van der Waals surface area (Å²) in [5.41, 5.74) is 1.25. The molecule has 1 atom stereocenters. The van der Waals surface area contributed by atoms with Crippen molar-refractivity contribution in [1.82, 2.24) is 5.32 Å². The number of unbranched alkanes of at least 4 members (excludes halogenated alkanes) is 1. The molecule has 1 aromatic rings. The average molecular weight is 309 g/mol. The summed E-state index contributed by atoms with van der Waals surface area (Å²) in [7, 11) is 0. The fraction of sp³-hybridized carbons (Fsp3) is 0.500. The van der Waals surface area contributed by atoms with Crippen molar-refractivity contribution in [2.45, 2.75) is 38.6 Å². The van der Waals surface area contributed by atoms with Crippen LogP contribution in [0.25, 0.3) is 0 Å². The molecule has 0 aliphatic rings. The van der Waals surface area contributed by atoms with Gasteiger partial charge in [-0.05, 0) is 24.2 Å². The summed E-state index contributed by atoms with van der Waals surface area (Å²) < 4.78 is 0. The zero-order valence-electron chi connectivity index (χ0n) is 12.4. The van der Waals surface area contributed by atoms with Crippen molar-refractivity contribution in [3.8, 4) is 0 Å². The second-order valence-corrected chi connectivity index (χ2v) is 5.99. The van der Waals surface area contributed by atoms with E-state index in [2.05, 4.69) is 17.4 Å². The van der Waals surface area contributed by atoms with E-state index in [0.717, 1.165) is 25.0 Å².